The second-order valence-corrected chi connectivity index (χ2v) is 7.21. The summed E-state index contributed by atoms with van der Waals surface area (Å²) >= 11 is 1.86. The van der Waals surface area contributed by atoms with Crippen LogP contribution in [0.3, 0.4) is 0 Å². The van der Waals surface area contributed by atoms with Gasteiger partial charge in [0.2, 0.25) is 10.0 Å². The van der Waals surface area contributed by atoms with Crippen molar-refractivity contribution in [2.45, 2.75) is 19.8 Å². The van der Waals surface area contributed by atoms with Crippen LogP contribution < -0.4 is 10.0 Å². The van der Waals surface area contributed by atoms with E-state index < -0.39 is 10.0 Å². The molecule has 108 valence electrons. The Bertz CT molecular complexity index is 458. The lowest BCUT2D eigenvalue weighted by molar-refractivity contribution is 0.602. The zero-order valence-corrected chi connectivity index (χ0v) is 13.1. The van der Waals surface area contributed by atoms with E-state index in [0.29, 0.717) is 5.69 Å². The zero-order valence-electron chi connectivity index (χ0n) is 11.5. The van der Waals surface area contributed by atoms with E-state index in [1.54, 1.807) is 19.1 Å². The van der Waals surface area contributed by atoms with Crippen molar-refractivity contribution in [1.29, 1.82) is 0 Å². The van der Waals surface area contributed by atoms with Gasteiger partial charge < -0.3 is 5.32 Å². The molecule has 4 nitrogen and oxygen atoms in total. The fourth-order valence-electron chi connectivity index (χ4n) is 1.51. The highest BCUT2D eigenvalue weighted by Gasteiger charge is 2.05. The molecule has 0 aliphatic carbocycles. The fourth-order valence-corrected chi connectivity index (χ4v) is 2.64. The third-order valence-electron chi connectivity index (χ3n) is 2.64. The van der Waals surface area contributed by atoms with Gasteiger partial charge in [-0.3, -0.25) is 4.72 Å². The van der Waals surface area contributed by atoms with Crippen LogP contribution in [0.1, 0.15) is 19.8 Å². The van der Waals surface area contributed by atoms with E-state index in [1.807, 2.05) is 23.9 Å². The van der Waals surface area contributed by atoms with Gasteiger partial charge in [0, 0.05) is 17.9 Å². The molecular formula is C13H22N2O2S2. The first-order valence-corrected chi connectivity index (χ1v) is 9.45. The molecule has 0 amide bonds. The maximum Gasteiger partial charge on any atom is 0.232 e. The predicted molar refractivity (Wildman–Crippen MR) is 85.6 cm³/mol. The molecule has 2 N–H and O–H groups in total. The largest absolute Gasteiger partial charge is 0.385 e. The maximum atomic E-state index is 11.4. The first-order valence-electron chi connectivity index (χ1n) is 6.41. The van der Waals surface area contributed by atoms with Gasteiger partial charge >= 0.3 is 0 Å². The van der Waals surface area contributed by atoms with E-state index in [4.69, 9.17) is 0 Å². The molecule has 0 aliphatic rings. The molecule has 6 heteroatoms. The Labute approximate surface area is 120 Å². The number of nitrogens with one attached hydrogen (secondary N) is 2. The maximum absolute atomic E-state index is 11.4. The quantitative estimate of drug-likeness (QED) is 0.689. The van der Waals surface area contributed by atoms with Gasteiger partial charge in [-0.25, -0.2) is 8.42 Å². The number of rotatable bonds is 9. The average molecular weight is 302 g/mol. The van der Waals surface area contributed by atoms with Crippen LogP contribution in [-0.2, 0) is 10.0 Å². The third-order valence-corrected chi connectivity index (χ3v) is 4.65. The summed E-state index contributed by atoms with van der Waals surface area (Å²) in [6.07, 6.45) is 4.47. The molecule has 19 heavy (non-hydrogen) atoms. The van der Waals surface area contributed by atoms with Crippen LogP contribution in [-0.4, -0.2) is 32.7 Å². The molecule has 0 unspecified atom stereocenters. The Hall–Kier alpha value is -0.880. The van der Waals surface area contributed by atoms with E-state index in [9.17, 15) is 8.42 Å². The lowest BCUT2D eigenvalue weighted by Gasteiger charge is -2.09. The molecule has 0 spiro atoms. The molecule has 0 atom stereocenters. The van der Waals surface area contributed by atoms with Crippen molar-refractivity contribution in [1.82, 2.24) is 0 Å². The first kappa shape index (κ1) is 16.2. The van der Waals surface area contributed by atoms with Crippen molar-refractivity contribution in [3.05, 3.63) is 24.3 Å². The highest BCUT2D eigenvalue weighted by molar-refractivity contribution is 7.98. The predicted octanol–water partition coefficient (Wildman–Crippen LogP) is 3.00. The smallest absolute Gasteiger partial charge is 0.232 e. The topological polar surface area (TPSA) is 58.2 Å². The molecule has 0 radical (unpaired) electrons. The highest BCUT2D eigenvalue weighted by atomic mass is 32.2. The molecule has 0 fully saturated rings. The Morgan fingerprint density at radius 2 is 1.74 bits per heavy atom. The van der Waals surface area contributed by atoms with Crippen molar-refractivity contribution in [2.24, 2.45) is 0 Å². The summed E-state index contributed by atoms with van der Waals surface area (Å²) in [5.74, 6) is 1.28. The summed E-state index contributed by atoms with van der Waals surface area (Å²) in [4.78, 5) is 0. The third kappa shape index (κ3) is 6.73. The van der Waals surface area contributed by atoms with Crippen LogP contribution in [0.4, 0.5) is 11.4 Å². The Morgan fingerprint density at radius 1 is 1.11 bits per heavy atom. The number of anilines is 2. The molecule has 1 aromatic rings. The van der Waals surface area contributed by atoms with Gasteiger partial charge in [0.25, 0.3) is 0 Å². The average Bonchev–Trinajstić information content (AvgIpc) is 2.40. The van der Waals surface area contributed by atoms with Crippen molar-refractivity contribution in [3.8, 4) is 0 Å². The van der Waals surface area contributed by atoms with Crippen LogP contribution in [0, 0.1) is 0 Å². The van der Waals surface area contributed by atoms with Crippen molar-refractivity contribution < 1.29 is 8.42 Å². The normalized spacial score (nSPS) is 11.3. The molecule has 0 heterocycles. The molecule has 0 aromatic heterocycles. The van der Waals surface area contributed by atoms with Crippen molar-refractivity contribution in [2.75, 3.05) is 34.3 Å². The van der Waals surface area contributed by atoms with Gasteiger partial charge in [-0.2, -0.15) is 11.8 Å². The number of thioether (sulfide) groups is 1. The van der Waals surface area contributed by atoms with Crippen LogP contribution in [0.5, 0.6) is 0 Å². The summed E-state index contributed by atoms with van der Waals surface area (Å²) in [6, 6.07) is 7.33. The van der Waals surface area contributed by atoms with Gasteiger partial charge in [0.1, 0.15) is 0 Å². The zero-order chi connectivity index (χ0) is 14.1. The lowest BCUT2D eigenvalue weighted by atomic mass is 10.2. The highest BCUT2D eigenvalue weighted by Crippen LogP contribution is 2.15. The minimum absolute atomic E-state index is 0.0858. The van der Waals surface area contributed by atoms with Gasteiger partial charge in [-0.1, -0.05) is 0 Å². The monoisotopic (exact) mass is 302 g/mol. The van der Waals surface area contributed by atoms with Gasteiger partial charge in [0.15, 0.2) is 0 Å². The molecule has 1 aromatic carbocycles. The van der Waals surface area contributed by atoms with Gasteiger partial charge in [0.05, 0.1) is 5.75 Å². The number of unbranched alkanes of at least 4 members (excludes halogenated alkanes) is 1. The van der Waals surface area contributed by atoms with E-state index in [1.165, 1.54) is 12.2 Å². The summed E-state index contributed by atoms with van der Waals surface area (Å²) < 4.78 is 25.3. The second-order valence-electron chi connectivity index (χ2n) is 4.21. The van der Waals surface area contributed by atoms with Crippen molar-refractivity contribution >= 4 is 33.2 Å². The summed E-state index contributed by atoms with van der Waals surface area (Å²) in [7, 11) is -3.19. The Balaban J connectivity index is 2.39. The summed E-state index contributed by atoms with van der Waals surface area (Å²) in [5.41, 5.74) is 1.62. The minimum atomic E-state index is -3.19. The molecular weight excluding hydrogens is 280 g/mol. The van der Waals surface area contributed by atoms with Crippen LogP contribution in [0.15, 0.2) is 24.3 Å². The van der Waals surface area contributed by atoms with Crippen LogP contribution >= 0.6 is 11.8 Å². The standard InChI is InChI=1S/C13H22N2O2S2/c1-3-19(16,17)15-13-8-6-12(7-9-13)14-10-4-5-11-18-2/h6-9,14-15H,3-5,10-11H2,1-2H3. The summed E-state index contributed by atoms with van der Waals surface area (Å²) in [6.45, 7) is 2.56. The van der Waals surface area contributed by atoms with E-state index >= 15 is 0 Å². The molecule has 1 rings (SSSR count). The molecule has 0 saturated heterocycles. The van der Waals surface area contributed by atoms with E-state index in [-0.39, 0.29) is 5.75 Å². The minimum Gasteiger partial charge on any atom is -0.385 e. The molecule has 0 aliphatic heterocycles. The second kappa shape index (κ2) is 8.32. The van der Waals surface area contributed by atoms with E-state index in [0.717, 1.165) is 18.7 Å². The SMILES string of the molecule is CCS(=O)(=O)Nc1ccc(NCCCCSC)cc1. The van der Waals surface area contributed by atoms with Crippen molar-refractivity contribution in [3.63, 3.8) is 0 Å². The Kier molecular flexibility index (Phi) is 7.09. The number of hydrogen-bond acceptors (Lipinski definition) is 4. The number of hydrogen-bond donors (Lipinski definition) is 2. The number of sulfonamides is 1. The summed E-state index contributed by atoms with van der Waals surface area (Å²) in [5, 5.41) is 3.32. The van der Waals surface area contributed by atoms with Crippen LogP contribution in [0.25, 0.3) is 0 Å². The number of benzene rings is 1. The van der Waals surface area contributed by atoms with Crippen LogP contribution in [0.2, 0.25) is 0 Å². The van der Waals surface area contributed by atoms with Gasteiger partial charge in [-0.05, 0) is 56.0 Å². The van der Waals surface area contributed by atoms with E-state index in [2.05, 4.69) is 16.3 Å². The fraction of sp³-hybridized carbons (Fsp3) is 0.538. The molecule has 0 saturated carbocycles. The Morgan fingerprint density at radius 3 is 2.32 bits per heavy atom. The van der Waals surface area contributed by atoms with Gasteiger partial charge in [-0.15, -0.1) is 0 Å². The first-order chi connectivity index (χ1) is 9.07. The lowest BCUT2D eigenvalue weighted by Crippen LogP contribution is -2.14. The molecule has 0 bridgehead atoms.